The number of carboxylic acids is 1. The second-order valence-corrected chi connectivity index (χ2v) is 6.67. The molecule has 2 aromatic rings. The molecule has 3 rings (SSSR count). The monoisotopic (exact) mass is 387 g/mol. The average Bonchev–Trinajstić information content (AvgIpc) is 2.97. The number of likely N-dealkylation sites (N-methyl/N-ethyl adjacent to an activating group) is 1. The highest BCUT2D eigenvalue weighted by atomic mass is 35.5. The molecular formula is C20H18ClNO5. The summed E-state index contributed by atoms with van der Waals surface area (Å²) in [5, 5.41) is 10.4. The molecule has 6 nitrogen and oxygen atoms in total. The summed E-state index contributed by atoms with van der Waals surface area (Å²) in [6.45, 7) is -0.0277. The van der Waals surface area contributed by atoms with Gasteiger partial charge >= 0.3 is 11.9 Å². The van der Waals surface area contributed by atoms with Crippen LogP contribution in [0.4, 0.5) is 0 Å². The van der Waals surface area contributed by atoms with Gasteiger partial charge in [-0.05, 0) is 40.9 Å². The Morgan fingerprint density at radius 2 is 1.59 bits per heavy atom. The van der Waals surface area contributed by atoms with Crippen LogP contribution in [-0.4, -0.2) is 41.5 Å². The molecule has 2 aromatic carbocycles. The van der Waals surface area contributed by atoms with Crippen molar-refractivity contribution in [3.05, 3.63) is 59.7 Å². The van der Waals surface area contributed by atoms with E-state index in [9.17, 15) is 14.4 Å². The van der Waals surface area contributed by atoms with Crippen LogP contribution in [0.25, 0.3) is 11.1 Å². The number of rotatable bonds is 7. The van der Waals surface area contributed by atoms with Crippen LogP contribution in [0.15, 0.2) is 48.5 Å². The lowest BCUT2D eigenvalue weighted by atomic mass is 9.96. The number of fused-ring (bicyclic) bond motifs is 3. The third kappa shape index (κ3) is 3.34. The van der Waals surface area contributed by atoms with E-state index in [1.54, 1.807) is 0 Å². The van der Waals surface area contributed by atoms with Crippen molar-refractivity contribution >= 4 is 28.8 Å². The normalized spacial score (nSPS) is 14.7. The molecule has 0 amide bonds. The molecule has 27 heavy (non-hydrogen) atoms. The molecule has 0 bridgehead atoms. The lowest BCUT2D eigenvalue weighted by Gasteiger charge is -2.26. The predicted molar refractivity (Wildman–Crippen MR) is 99.6 cm³/mol. The van der Waals surface area contributed by atoms with E-state index in [1.165, 1.54) is 7.05 Å². The van der Waals surface area contributed by atoms with E-state index in [0.717, 1.165) is 22.3 Å². The van der Waals surface area contributed by atoms with Crippen molar-refractivity contribution in [3.8, 4) is 11.1 Å². The molecule has 0 radical (unpaired) electrons. The van der Waals surface area contributed by atoms with Crippen LogP contribution < -0.4 is 5.32 Å². The second-order valence-electron chi connectivity index (χ2n) is 6.33. The van der Waals surface area contributed by atoms with Gasteiger partial charge in [-0.25, -0.2) is 4.79 Å². The molecule has 0 heterocycles. The van der Waals surface area contributed by atoms with Gasteiger partial charge in [-0.15, -0.1) is 0 Å². The van der Waals surface area contributed by atoms with Crippen molar-refractivity contribution < 1.29 is 24.2 Å². The number of aliphatic carboxylic acids is 1. The van der Waals surface area contributed by atoms with Crippen molar-refractivity contribution in [2.75, 3.05) is 13.7 Å². The van der Waals surface area contributed by atoms with E-state index in [-0.39, 0.29) is 12.5 Å². The van der Waals surface area contributed by atoms with Crippen molar-refractivity contribution in [1.82, 2.24) is 5.32 Å². The summed E-state index contributed by atoms with van der Waals surface area (Å²) < 4.78 is 5.39. The van der Waals surface area contributed by atoms with Gasteiger partial charge in [0.2, 0.25) is 5.54 Å². The smallest absolute Gasteiger partial charge is 0.336 e. The number of halogens is 1. The summed E-state index contributed by atoms with van der Waals surface area (Å²) in [7, 11) is 1.30. The standard InChI is InChI=1S/C20H18ClNO5/c1-22-20(18(21)25,10-17(23)24)19(26)27-11-16-14-8-4-2-6-12(14)13-7-3-5-9-15(13)16/h2-9,16,22H,10-11H2,1H3,(H,23,24)/t20-/m0/s1. The largest absolute Gasteiger partial charge is 0.481 e. The molecule has 0 unspecified atom stereocenters. The molecule has 140 valence electrons. The fraction of sp³-hybridized carbons (Fsp3) is 0.250. The molecule has 0 saturated heterocycles. The Hall–Kier alpha value is -2.70. The number of carbonyl (C=O) groups excluding carboxylic acids is 2. The number of hydrogen-bond donors (Lipinski definition) is 2. The third-order valence-corrected chi connectivity index (χ3v) is 5.19. The minimum Gasteiger partial charge on any atom is -0.481 e. The fourth-order valence-electron chi connectivity index (χ4n) is 3.46. The molecule has 1 atom stereocenters. The zero-order valence-electron chi connectivity index (χ0n) is 14.6. The Bertz CT molecular complexity index is 867. The number of carbonyl (C=O) groups is 3. The van der Waals surface area contributed by atoms with E-state index < -0.39 is 29.1 Å². The van der Waals surface area contributed by atoms with Gasteiger partial charge in [-0.3, -0.25) is 14.9 Å². The van der Waals surface area contributed by atoms with E-state index in [1.807, 2.05) is 48.5 Å². The molecule has 7 heteroatoms. The molecule has 1 aliphatic rings. The second kappa shape index (κ2) is 7.50. The lowest BCUT2D eigenvalue weighted by Crippen LogP contribution is -2.57. The Labute approximate surface area is 161 Å². The van der Waals surface area contributed by atoms with E-state index in [2.05, 4.69) is 5.32 Å². The number of carboxylic acid groups (broad SMARTS) is 1. The first-order valence-electron chi connectivity index (χ1n) is 8.37. The molecular weight excluding hydrogens is 370 g/mol. The van der Waals surface area contributed by atoms with Crippen molar-refractivity contribution in [1.29, 1.82) is 0 Å². The summed E-state index contributed by atoms with van der Waals surface area (Å²) in [4.78, 5) is 35.5. The van der Waals surface area contributed by atoms with E-state index in [0.29, 0.717) is 0 Å². The number of nitrogens with one attached hydrogen (secondary N) is 1. The number of ether oxygens (including phenoxy) is 1. The molecule has 0 spiro atoms. The molecule has 2 N–H and O–H groups in total. The van der Waals surface area contributed by atoms with Crippen LogP contribution in [0, 0.1) is 0 Å². The zero-order valence-corrected chi connectivity index (χ0v) is 15.3. The van der Waals surface area contributed by atoms with Crippen LogP contribution in [-0.2, 0) is 19.1 Å². The Balaban J connectivity index is 1.87. The highest BCUT2D eigenvalue weighted by molar-refractivity contribution is 6.67. The maximum Gasteiger partial charge on any atom is 0.336 e. The number of hydrogen-bond acceptors (Lipinski definition) is 5. The van der Waals surface area contributed by atoms with Gasteiger partial charge in [0.25, 0.3) is 5.24 Å². The first-order valence-corrected chi connectivity index (χ1v) is 8.74. The minimum atomic E-state index is -2.12. The maximum absolute atomic E-state index is 12.6. The molecule has 0 saturated carbocycles. The van der Waals surface area contributed by atoms with Gasteiger partial charge in [0.1, 0.15) is 6.61 Å². The quantitative estimate of drug-likeness (QED) is 0.431. The summed E-state index contributed by atoms with van der Waals surface area (Å²) in [5.41, 5.74) is 2.03. The first kappa shape index (κ1) is 19.1. The van der Waals surface area contributed by atoms with Crippen LogP contribution in [0.5, 0.6) is 0 Å². The highest BCUT2D eigenvalue weighted by Crippen LogP contribution is 2.44. The van der Waals surface area contributed by atoms with E-state index >= 15 is 0 Å². The number of esters is 1. The van der Waals surface area contributed by atoms with Crippen molar-refractivity contribution in [2.24, 2.45) is 0 Å². The van der Waals surface area contributed by atoms with Crippen LogP contribution in [0.3, 0.4) is 0 Å². The molecule has 1 aliphatic carbocycles. The maximum atomic E-state index is 12.6. The fourth-order valence-corrected chi connectivity index (χ4v) is 3.70. The minimum absolute atomic E-state index is 0.0277. The number of benzene rings is 2. The Morgan fingerprint density at radius 1 is 1.07 bits per heavy atom. The van der Waals surface area contributed by atoms with Crippen LogP contribution in [0.2, 0.25) is 0 Å². The van der Waals surface area contributed by atoms with Gasteiger partial charge in [0.15, 0.2) is 0 Å². The van der Waals surface area contributed by atoms with Crippen molar-refractivity contribution in [2.45, 2.75) is 17.9 Å². The van der Waals surface area contributed by atoms with Crippen LogP contribution in [0.1, 0.15) is 23.5 Å². The van der Waals surface area contributed by atoms with Gasteiger partial charge in [0.05, 0.1) is 6.42 Å². The Kier molecular flexibility index (Phi) is 5.30. The SMILES string of the molecule is CN[C@@](CC(=O)O)(C(=O)Cl)C(=O)OCC1c2ccccc2-c2ccccc21. The third-order valence-electron chi connectivity index (χ3n) is 4.87. The van der Waals surface area contributed by atoms with Gasteiger partial charge in [-0.2, -0.15) is 0 Å². The van der Waals surface area contributed by atoms with Crippen LogP contribution >= 0.6 is 11.6 Å². The lowest BCUT2D eigenvalue weighted by molar-refractivity contribution is -0.158. The molecule has 0 aromatic heterocycles. The first-order chi connectivity index (χ1) is 12.9. The molecule has 0 aliphatic heterocycles. The Morgan fingerprint density at radius 3 is 2.04 bits per heavy atom. The summed E-state index contributed by atoms with van der Waals surface area (Å²) in [5.74, 6) is -2.55. The van der Waals surface area contributed by atoms with Gasteiger partial charge in [-0.1, -0.05) is 48.5 Å². The summed E-state index contributed by atoms with van der Waals surface area (Å²) >= 11 is 5.53. The van der Waals surface area contributed by atoms with Gasteiger partial charge in [0, 0.05) is 5.92 Å². The van der Waals surface area contributed by atoms with Gasteiger partial charge < -0.3 is 9.84 Å². The zero-order chi connectivity index (χ0) is 19.6. The molecule has 0 fully saturated rings. The topological polar surface area (TPSA) is 92.7 Å². The van der Waals surface area contributed by atoms with E-state index in [4.69, 9.17) is 21.4 Å². The summed E-state index contributed by atoms with van der Waals surface area (Å²) in [6, 6.07) is 15.6. The highest BCUT2D eigenvalue weighted by Gasteiger charge is 2.48. The predicted octanol–water partition coefficient (Wildman–Crippen LogP) is 2.54. The van der Waals surface area contributed by atoms with Crippen molar-refractivity contribution in [3.63, 3.8) is 0 Å². The average molecular weight is 388 g/mol. The summed E-state index contributed by atoms with van der Waals surface area (Å²) in [6.07, 6.45) is -0.803.